The first-order valence-electron chi connectivity index (χ1n) is 10.1. The summed E-state index contributed by atoms with van der Waals surface area (Å²) in [7, 11) is -7.72. The SMILES string of the molecule is CCC(C)O.CCC(C)O.CCC(C)O.FC(F)(F)[Si]([c-]1cccc1)(C(F)(F)F)C(F)(F)F.[Hf]. The topological polar surface area (TPSA) is 60.7 Å². The Labute approximate surface area is 214 Å². The maximum atomic E-state index is 12.6. The summed E-state index contributed by atoms with van der Waals surface area (Å²) in [6, 6.07) is 1.84. The number of hydrogen-bond acceptors (Lipinski definition) is 3. The molecule has 0 aromatic heterocycles. The number of hydrogen-bond donors (Lipinski definition) is 3. The molecule has 0 aliphatic rings. The van der Waals surface area contributed by atoms with Gasteiger partial charge in [0.1, 0.15) is 0 Å². The average molecular weight is 700 g/mol. The molecule has 0 saturated heterocycles. The van der Waals surface area contributed by atoms with Crippen molar-refractivity contribution in [2.45, 2.75) is 96.5 Å². The molecule has 1 rings (SSSR count). The molecule has 0 amide bonds. The van der Waals surface area contributed by atoms with Crippen LogP contribution in [0.1, 0.15) is 60.8 Å². The summed E-state index contributed by atoms with van der Waals surface area (Å²) in [6.45, 7) is 11.2. The molecule has 0 aliphatic carbocycles. The monoisotopic (exact) mass is 701 g/mol. The third-order valence-electron chi connectivity index (χ3n) is 4.14. The van der Waals surface area contributed by atoms with Crippen LogP contribution in [0.2, 0.25) is 0 Å². The van der Waals surface area contributed by atoms with Crippen LogP contribution in [0.4, 0.5) is 39.5 Å². The molecule has 0 radical (unpaired) electrons. The zero-order valence-corrected chi connectivity index (χ0v) is 24.5. The fourth-order valence-corrected chi connectivity index (χ4v) is 4.24. The molecule has 3 nitrogen and oxygen atoms in total. The largest absolute Gasteiger partial charge is 0.399 e. The van der Waals surface area contributed by atoms with Crippen molar-refractivity contribution in [1.82, 2.24) is 0 Å². The molecule has 1 aromatic rings. The summed E-state index contributed by atoms with van der Waals surface area (Å²) in [5, 5.41) is 23.3. The van der Waals surface area contributed by atoms with Crippen LogP contribution in [-0.4, -0.2) is 59.1 Å². The van der Waals surface area contributed by atoms with Crippen molar-refractivity contribution >= 4 is 13.3 Å². The zero-order chi connectivity index (χ0) is 27.3. The first-order valence-corrected chi connectivity index (χ1v) is 12.1. The van der Waals surface area contributed by atoms with E-state index in [1.54, 1.807) is 20.8 Å². The van der Waals surface area contributed by atoms with Crippen LogP contribution < -0.4 is 5.19 Å². The normalized spacial score (nSPS) is 14.5. The number of aliphatic hydroxyl groups excluding tert-OH is 3. The minimum absolute atomic E-state index is 0. The third-order valence-corrected chi connectivity index (χ3v) is 7.89. The predicted molar refractivity (Wildman–Crippen MR) is 112 cm³/mol. The molecule has 0 bridgehead atoms. The van der Waals surface area contributed by atoms with Gasteiger partial charge in [0.25, 0.3) is 0 Å². The van der Waals surface area contributed by atoms with E-state index in [0.717, 1.165) is 19.3 Å². The fourth-order valence-electron chi connectivity index (χ4n) is 1.60. The quantitative estimate of drug-likeness (QED) is 0.215. The van der Waals surface area contributed by atoms with Crippen LogP contribution in [-0.2, 0) is 25.8 Å². The van der Waals surface area contributed by atoms with E-state index in [2.05, 4.69) is 0 Å². The summed E-state index contributed by atoms with van der Waals surface area (Å²) < 4.78 is 113. The molecule has 1 aromatic carbocycles. The zero-order valence-electron chi connectivity index (χ0n) is 19.9. The van der Waals surface area contributed by atoms with Gasteiger partial charge in [0.2, 0.25) is 0 Å². The molecular formula is C20H34F9HfO3Si-. The number of rotatable bonds is 4. The van der Waals surface area contributed by atoms with Gasteiger partial charge in [-0.3, -0.25) is 0 Å². The maximum Gasteiger partial charge on any atom is 0.399 e. The minimum Gasteiger partial charge on any atom is -0.393 e. The van der Waals surface area contributed by atoms with Crippen molar-refractivity contribution in [3.63, 3.8) is 0 Å². The molecule has 204 valence electrons. The first-order chi connectivity index (χ1) is 14.7. The molecule has 34 heavy (non-hydrogen) atoms. The van der Waals surface area contributed by atoms with E-state index in [9.17, 15) is 39.5 Å². The van der Waals surface area contributed by atoms with E-state index in [4.69, 9.17) is 15.3 Å². The Kier molecular flexibility index (Phi) is 21.6. The predicted octanol–water partition coefficient (Wildman–Crippen LogP) is 5.69. The van der Waals surface area contributed by atoms with Gasteiger partial charge < -0.3 is 15.3 Å². The summed E-state index contributed by atoms with van der Waals surface area (Å²) in [5.41, 5.74) is 0. The summed E-state index contributed by atoms with van der Waals surface area (Å²) in [6.07, 6.45) is 2.24. The molecule has 0 fully saturated rings. The van der Waals surface area contributed by atoms with E-state index in [1.807, 2.05) is 20.8 Å². The second-order valence-corrected chi connectivity index (χ2v) is 11.0. The van der Waals surface area contributed by atoms with E-state index in [0.29, 0.717) is 12.1 Å². The summed E-state index contributed by atoms with van der Waals surface area (Å²) >= 11 is 0. The van der Waals surface area contributed by atoms with E-state index < -0.39 is 30.7 Å². The van der Waals surface area contributed by atoms with E-state index in [-0.39, 0.29) is 56.3 Å². The van der Waals surface area contributed by atoms with Crippen molar-refractivity contribution in [2.24, 2.45) is 0 Å². The van der Waals surface area contributed by atoms with Crippen molar-refractivity contribution in [3.8, 4) is 0 Å². The van der Waals surface area contributed by atoms with E-state index in [1.165, 1.54) is 0 Å². The van der Waals surface area contributed by atoms with Crippen LogP contribution in [0, 0.1) is 0 Å². The average Bonchev–Trinajstić information content (AvgIpc) is 3.13. The van der Waals surface area contributed by atoms with Gasteiger partial charge in [-0.1, -0.05) is 20.8 Å². The summed E-state index contributed by atoms with van der Waals surface area (Å²) in [4.78, 5) is 0. The Balaban J connectivity index is -0.000000231. The second kappa shape index (κ2) is 18.0. The van der Waals surface area contributed by atoms with Gasteiger partial charge in [0.15, 0.2) is 0 Å². The summed E-state index contributed by atoms with van der Waals surface area (Å²) in [5.74, 6) is -19.2. The Morgan fingerprint density at radius 3 is 0.912 bits per heavy atom. The van der Waals surface area contributed by atoms with Gasteiger partial charge in [0.05, 0.1) is 18.3 Å². The number of alkyl halides is 9. The molecule has 3 N–H and O–H groups in total. The molecule has 14 heteroatoms. The van der Waals surface area contributed by atoms with Gasteiger partial charge in [-0.15, -0.1) is 5.19 Å². The van der Waals surface area contributed by atoms with Crippen molar-refractivity contribution < 1.29 is 80.7 Å². The molecule has 0 saturated carbocycles. The Bertz CT molecular complexity index is 531. The van der Waals surface area contributed by atoms with E-state index >= 15 is 0 Å². The van der Waals surface area contributed by atoms with Crippen LogP contribution in [0.15, 0.2) is 24.3 Å². The molecule has 3 atom stereocenters. The fraction of sp³-hybridized carbons (Fsp3) is 0.750. The van der Waals surface area contributed by atoms with Gasteiger partial charge in [-0.2, -0.15) is 51.6 Å². The van der Waals surface area contributed by atoms with Gasteiger partial charge in [-0.25, -0.2) is 12.1 Å². The van der Waals surface area contributed by atoms with Crippen molar-refractivity contribution in [2.75, 3.05) is 0 Å². The first kappa shape index (κ1) is 40.8. The van der Waals surface area contributed by atoms with Gasteiger partial charge >= 0.3 is 25.5 Å². The van der Waals surface area contributed by atoms with Gasteiger partial charge in [0, 0.05) is 25.8 Å². The van der Waals surface area contributed by atoms with Crippen molar-refractivity contribution in [1.29, 1.82) is 0 Å². The van der Waals surface area contributed by atoms with Crippen LogP contribution in [0.3, 0.4) is 0 Å². The standard InChI is InChI=1S/C8H4F9Si.3C4H10O.Hf/c9-6(10,11)18(7(12,13)14,8(15,16)17)5-3-1-2-4-5;3*1-3-4(2)5;/h1-4H;3*4-5H,3H2,1-2H3;/q-1;;;;. The van der Waals surface area contributed by atoms with Crippen LogP contribution >= 0.6 is 0 Å². The Morgan fingerprint density at radius 1 is 0.618 bits per heavy atom. The Morgan fingerprint density at radius 2 is 0.794 bits per heavy atom. The molecule has 0 aliphatic heterocycles. The van der Waals surface area contributed by atoms with Crippen LogP contribution in [0.5, 0.6) is 0 Å². The van der Waals surface area contributed by atoms with Gasteiger partial charge in [-0.05, 0) is 40.0 Å². The number of aliphatic hydroxyl groups is 3. The maximum absolute atomic E-state index is 12.6. The molecular weight excluding hydrogens is 666 g/mol. The Hall–Kier alpha value is -0.313. The van der Waals surface area contributed by atoms with Crippen LogP contribution in [0.25, 0.3) is 0 Å². The molecule has 0 heterocycles. The third kappa shape index (κ3) is 14.3. The van der Waals surface area contributed by atoms with Crippen molar-refractivity contribution in [3.05, 3.63) is 24.3 Å². The molecule has 3 unspecified atom stereocenters. The smallest absolute Gasteiger partial charge is 0.393 e. The number of halogens is 9. The molecule has 0 spiro atoms. The minimum atomic E-state index is -7.72. The second-order valence-electron chi connectivity index (χ2n) is 7.19.